The van der Waals surface area contributed by atoms with Crippen LogP contribution in [0.3, 0.4) is 0 Å². The molecule has 2 N–H and O–H groups in total. The summed E-state index contributed by atoms with van der Waals surface area (Å²) in [5.41, 5.74) is 9.05. The van der Waals surface area contributed by atoms with Crippen molar-refractivity contribution >= 4 is 23.2 Å². The standard InChI is InChI=1S/C15H15Cl2NO/c1-9-3-4-10(7-13(9)16)15(18)12-6-5-11(19-2)8-14(12)17/h3-8,15H,18H2,1-2H3. The lowest BCUT2D eigenvalue weighted by Gasteiger charge is -2.16. The van der Waals surface area contributed by atoms with Crippen LogP contribution in [-0.4, -0.2) is 7.11 Å². The highest BCUT2D eigenvalue weighted by molar-refractivity contribution is 6.32. The molecule has 19 heavy (non-hydrogen) atoms. The van der Waals surface area contributed by atoms with Gasteiger partial charge in [-0.1, -0.05) is 41.4 Å². The summed E-state index contributed by atoms with van der Waals surface area (Å²) >= 11 is 12.4. The maximum Gasteiger partial charge on any atom is 0.120 e. The van der Waals surface area contributed by atoms with Crippen LogP contribution in [0, 0.1) is 6.92 Å². The molecule has 2 aromatic carbocycles. The molecular weight excluding hydrogens is 281 g/mol. The van der Waals surface area contributed by atoms with Crippen molar-refractivity contribution in [3.63, 3.8) is 0 Å². The number of rotatable bonds is 3. The normalized spacial score (nSPS) is 12.3. The van der Waals surface area contributed by atoms with E-state index in [0.717, 1.165) is 16.7 Å². The molecule has 0 radical (unpaired) electrons. The van der Waals surface area contributed by atoms with Gasteiger partial charge in [-0.3, -0.25) is 0 Å². The Hall–Kier alpha value is -1.22. The van der Waals surface area contributed by atoms with E-state index in [9.17, 15) is 0 Å². The van der Waals surface area contributed by atoms with Gasteiger partial charge in [-0.05, 0) is 41.8 Å². The molecule has 0 heterocycles. The van der Waals surface area contributed by atoms with Crippen LogP contribution in [0.4, 0.5) is 0 Å². The molecule has 0 spiro atoms. The van der Waals surface area contributed by atoms with Gasteiger partial charge in [0.1, 0.15) is 5.75 Å². The van der Waals surface area contributed by atoms with Crippen LogP contribution in [0.25, 0.3) is 0 Å². The van der Waals surface area contributed by atoms with Gasteiger partial charge < -0.3 is 10.5 Å². The van der Waals surface area contributed by atoms with E-state index in [1.165, 1.54) is 0 Å². The van der Waals surface area contributed by atoms with Crippen LogP contribution in [0.1, 0.15) is 22.7 Å². The minimum Gasteiger partial charge on any atom is -0.497 e. The summed E-state index contributed by atoms with van der Waals surface area (Å²) < 4.78 is 5.12. The van der Waals surface area contributed by atoms with Gasteiger partial charge in [0.05, 0.1) is 13.2 Å². The van der Waals surface area contributed by atoms with E-state index >= 15 is 0 Å². The summed E-state index contributed by atoms with van der Waals surface area (Å²) in [5.74, 6) is 0.711. The molecule has 2 nitrogen and oxygen atoms in total. The first-order chi connectivity index (χ1) is 9.02. The topological polar surface area (TPSA) is 35.2 Å². The summed E-state index contributed by atoms with van der Waals surface area (Å²) in [6, 6.07) is 11.0. The fourth-order valence-corrected chi connectivity index (χ4v) is 2.35. The second-order valence-electron chi connectivity index (χ2n) is 4.37. The van der Waals surface area contributed by atoms with Crippen molar-refractivity contribution in [3.05, 3.63) is 63.1 Å². The van der Waals surface area contributed by atoms with Crippen LogP contribution >= 0.6 is 23.2 Å². The van der Waals surface area contributed by atoms with Crippen molar-refractivity contribution in [1.82, 2.24) is 0 Å². The molecule has 0 saturated carbocycles. The lowest BCUT2D eigenvalue weighted by atomic mass is 9.98. The molecule has 0 aromatic heterocycles. The van der Waals surface area contributed by atoms with Gasteiger partial charge in [0, 0.05) is 10.0 Å². The monoisotopic (exact) mass is 295 g/mol. The number of benzene rings is 2. The first-order valence-electron chi connectivity index (χ1n) is 5.88. The van der Waals surface area contributed by atoms with Gasteiger partial charge >= 0.3 is 0 Å². The first-order valence-corrected chi connectivity index (χ1v) is 6.63. The molecule has 0 amide bonds. The predicted molar refractivity (Wildman–Crippen MR) is 80.2 cm³/mol. The number of ether oxygens (including phenoxy) is 1. The number of halogens is 2. The fourth-order valence-electron chi connectivity index (χ4n) is 1.87. The van der Waals surface area contributed by atoms with Crippen molar-refractivity contribution in [2.24, 2.45) is 5.73 Å². The maximum atomic E-state index is 6.24. The number of nitrogens with two attached hydrogens (primary N) is 1. The molecule has 0 aliphatic heterocycles. The largest absolute Gasteiger partial charge is 0.497 e. The van der Waals surface area contributed by atoms with Crippen molar-refractivity contribution in [2.75, 3.05) is 7.11 Å². The Morgan fingerprint density at radius 2 is 1.79 bits per heavy atom. The fraction of sp³-hybridized carbons (Fsp3) is 0.200. The summed E-state index contributed by atoms with van der Waals surface area (Å²) in [6.07, 6.45) is 0. The molecule has 2 rings (SSSR count). The molecule has 0 bridgehead atoms. The lowest BCUT2D eigenvalue weighted by Crippen LogP contribution is -2.12. The molecule has 1 unspecified atom stereocenters. The molecule has 1 atom stereocenters. The summed E-state index contributed by atoms with van der Waals surface area (Å²) in [4.78, 5) is 0. The van der Waals surface area contributed by atoms with Crippen LogP contribution < -0.4 is 10.5 Å². The van der Waals surface area contributed by atoms with Crippen LogP contribution in [0.5, 0.6) is 5.75 Å². The Morgan fingerprint density at radius 1 is 1.05 bits per heavy atom. The van der Waals surface area contributed by atoms with E-state index in [0.29, 0.717) is 15.8 Å². The highest BCUT2D eigenvalue weighted by Crippen LogP contribution is 2.31. The second kappa shape index (κ2) is 5.83. The van der Waals surface area contributed by atoms with E-state index in [1.807, 2.05) is 37.3 Å². The Bertz CT molecular complexity index is 599. The Labute approximate surface area is 123 Å². The minimum absolute atomic E-state index is 0.309. The van der Waals surface area contributed by atoms with E-state index in [1.54, 1.807) is 13.2 Å². The van der Waals surface area contributed by atoms with E-state index < -0.39 is 0 Å². The molecular formula is C15H15Cl2NO. The Kier molecular flexibility index (Phi) is 4.35. The highest BCUT2D eigenvalue weighted by Gasteiger charge is 2.14. The number of aryl methyl sites for hydroxylation is 1. The van der Waals surface area contributed by atoms with Gasteiger partial charge in [0.25, 0.3) is 0 Å². The molecule has 0 fully saturated rings. The molecule has 0 saturated heterocycles. The van der Waals surface area contributed by atoms with Crippen molar-refractivity contribution in [1.29, 1.82) is 0 Å². The van der Waals surface area contributed by atoms with E-state index in [4.69, 9.17) is 33.7 Å². The summed E-state index contributed by atoms with van der Waals surface area (Å²) in [5, 5.41) is 1.29. The van der Waals surface area contributed by atoms with E-state index in [-0.39, 0.29) is 6.04 Å². The van der Waals surface area contributed by atoms with Gasteiger partial charge in [-0.2, -0.15) is 0 Å². The van der Waals surface area contributed by atoms with Gasteiger partial charge in [0.2, 0.25) is 0 Å². The third kappa shape index (κ3) is 3.03. The van der Waals surface area contributed by atoms with Crippen molar-refractivity contribution < 1.29 is 4.74 Å². The van der Waals surface area contributed by atoms with Crippen molar-refractivity contribution in [2.45, 2.75) is 13.0 Å². The Morgan fingerprint density at radius 3 is 2.37 bits per heavy atom. The predicted octanol–water partition coefficient (Wildman–Crippen LogP) is 4.36. The van der Waals surface area contributed by atoms with Gasteiger partial charge in [-0.15, -0.1) is 0 Å². The van der Waals surface area contributed by atoms with Crippen LogP contribution in [0.2, 0.25) is 10.0 Å². The summed E-state index contributed by atoms with van der Waals surface area (Å²) in [7, 11) is 1.60. The molecule has 0 aliphatic carbocycles. The second-order valence-corrected chi connectivity index (χ2v) is 5.19. The van der Waals surface area contributed by atoms with Crippen LogP contribution in [0.15, 0.2) is 36.4 Å². The average Bonchev–Trinajstić information content (AvgIpc) is 2.41. The SMILES string of the molecule is COc1ccc(C(N)c2ccc(C)c(Cl)c2)c(Cl)c1. The number of methoxy groups -OCH3 is 1. The first kappa shape index (κ1) is 14.2. The molecule has 2 aromatic rings. The van der Waals surface area contributed by atoms with Gasteiger partial charge in [-0.25, -0.2) is 0 Å². The number of hydrogen-bond donors (Lipinski definition) is 1. The number of hydrogen-bond acceptors (Lipinski definition) is 2. The third-order valence-corrected chi connectivity index (χ3v) is 3.83. The Balaban J connectivity index is 2.38. The third-order valence-electron chi connectivity index (χ3n) is 3.10. The van der Waals surface area contributed by atoms with Gasteiger partial charge in [0.15, 0.2) is 0 Å². The molecule has 100 valence electrons. The molecule has 4 heteroatoms. The zero-order valence-corrected chi connectivity index (χ0v) is 12.3. The lowest BCUT2D eigenvalue weighted by molar-refractivity contribution is 0.414. The minimum atomic E-state index is -0.309. The average molecular weight is 296 g/mol. The highest BCUT2D eigenvalue weighted by atomic mass is 35.5. The quantitative estimate of drug-likeness (QED) is 0.913. The van der Waals surface area contributed by atoms with E-state index in [2.05, 4.69) is 0 Å². The van der Waals surface area contributed by atoms with Crippen molar-refractivity contribution in [3.8, 4) is 5.75 Å². The zero-order chi connectivity index (χ0) is 14.0. The maximum absolute atomic E-state index is 6.24. The molecule has 0 aliphatic rings. The smallest absolute Gasteiger partial charge is 0.120 e. The van der Waals surface area contributed by atoms with Crippen LogP contribution in [-0.2, 0) is 0 Å². The summed E-state index contributed by atoms with van der Waals surface area (Å²) in [6.45, 7) is 1.96. The zero-order valence-electron chi connectivity index (χ0n) is 10.8.